The number of carbonyl (C=O) groups excluding carboxylic acids is 2. The monoisotopic (exact) mass is 239 g/mol. The Balaban J connectivity index is 2.37. The highest BCUT2D eigenvalue weighted by Crippen LogP contribution is 2.25. The molecule has 0 bridgehead atoms. The van der Waals surface area contributed by atoms with Crippen molar-refractivity contribution in [2.45, 2.75) is 58.8 Å². The second kappa shape index (κ2) is 7.46. The Bertz CT molecular complexity index is 247. The highest BCUT2D eigenvalue weighted by atomic mass is 16.2. The van der Waals surface area contributed by atoms with Gasteiger partial charge < -0.3 is 4.90 Å². The molecule has 0 aromatic carbocycles. The Morgan fingerprint density at radius 3 is 2.18 bits per heavy atom. The van der Waals surface area contributed by atoms with Gasteiger partial charge in [-0.3, -0.25) is 9.59 Å². The molecule has 0 aliphatic heterocycles. The molecule has 1 aliphatic carbocycles. The van der Waals surface area contributed by atoms with E-state index in [4.69, 9.17) is 0 Å². The lowest BCUT2D eigenvalue weighted by Crippen LogP contribution is -2.34. The molecule has 1 rings (SSSR count). The Kier molecular flexibility index (Phi) is 6.23. The standard InChI is InChI=1S/C14H25NO2/c1-3-9-15(10-4-2)14(17)11-12-5-7-13(16)8-6-12/h12H,3-11H2,1-2H3. The van der Waals surface area contributed by atoms with Gasteiger partial charge in [-0.25, -0.2) is 0 Å². The van der Waals surface area contributed by atoms with Gasteiger partial charge in [-0.2, -0.15) is 0 Å². The largest absolute Gasteiger partial charge is 0.343 e. The number of ketones is 1. The molecule has 17 heavy (non-hydrogen) atoms. The van der Waals surface area contributed by atoms with Crippen LogP contribution >= 0.6 is 0 Å². The maximum atomic E-state index is 12.1. The van der Waals surface area contributed by atoms with Gasteiger partial charge in [0, 0.05) is 32.4 Å². The molecule has 0 saturated heterocycles. The Morgan fingerprint density at radius 2 is 1.71 bits per heavy atom. The molecular weight excluding hydrogens is 214 g/mol. The number of amides is 1. The van der Waals surface area contributed by atoms with E-state index in [1.165, 1.54) is 0 Å². The first-order valence-electron chi connectivity index (χ1n) is 6.96. The van der Waals surface area contributed by atoms with Crippen LogP contribution < -0.4 is 0 Å². The van der Waals surface area contributed by atoms with Gasteiger partial charge in [0.1, 0.15) is 5.78 Å². The lowest BCUT2D eigenvalue weighted by molar-refractivity contribution is -0.133. The summed E-state index contributed by atoms with van der Waals surface area (Å²) in [5, 5.41) is 0. The fraction of sp³-hybridized carbons (Fsp3) is 0.857. The number of carbonyl (C=O) groups is 2. The van der Waals surface area contributed by atoms with E-state index in [2.05, 4.69) is 13.8 Å². The van der Waals surface area contributed by atoms with Crippen molar-refractivity contribution in [3.05, 3.63) is 0 Å². The first-order chi connectivity index (χ1) is 8.17. The third kappa shape index (κ3) is 4.88. The molecule has 1 fully saturated rings. The summed E-state index contributed by atoms with van der Waals surface area (Å²) in [5.41, 5.74) is 0. The van der Waals surface area contributed by atoms with E-state index in [1.807, 2.05) is 4.90 Å². The zero-order valence-corrected chi connectivity index (χ0v) is 11.2. The fourth-order valence-corrected chi connectivity index (χ4v) is 2.48. The van der Waals surface area contributed by atoms with E-state index >= 15 is 0 Å². The van der Waals surface area contributed by atoms with E-state index in [0.29, 0.717) is 31.0 Å². The van der Waals surface area contributed by atoms with E-state index in [-0.39, 0.29) is 5.91 Å². The molecule has 1 saturated carbocycles. The molecule has 0 unspecified atom stereocenters. The first kappa shape index (κ1) is 14.2. The lowest BCUT2D eigenvalue weighted by Gasteiger charge is -2.26. The molecule has 1 aliphatic rings. The summed E-state index contributed by atoms with van der Waals surface area (Å²) in [6.45, 7) is 5.96. The van der Waals surface area contributed by atoms with E-state index in [9.17, 15) is 9.59 Å². The van der Waals surface area contributed by atoms with E-state index in [0.717, 1.165) is 38.8 Å². The van der Waals surface area contributed by atoms with Crippen molar-refractivity contribution in [1.82, 2.24) is 4.90 Å². The van der Waals surface area contributed by atoms with Gasteiger partial charge >= 0.3 is 0 Å². The molecule has 0 aromatic rings. The van der Waals surface area contributed by atoms with Gasteiger partial charge in [0.25, 0.3) is 0 Å². The minimum Gasteiger partial charge on any atom is -0.343 e. The van der Waals surface area contributed by atoms with Gasteiger partial charge in [0.2, 0.25) is 5.91 Å². The van der Waals surface area contributed by atoms with Gasteiger partial charge in [-0.15, -0.1) is 0 Å². The van der Waals surface area contributed by atoms with E-state index in [1.54, 1.807) is 0 Å². The van der Waals surface area contributed by atoms with Crippen molar-refractivity contribution in [2.75, 3.05) is 13.1 Å². The van der Waals surface area contributed by atoms with Crippen LogP contribution in [0.25, 0.3) is 0 Å². The normalized spacial score (nSPS) is 17.2. The third-order valence-corrected chi connectivity index (χ3v) is 3.47. The number of rotatable bonds is 6. The van der Waals surface area contributed by atoms with Crippen LogP contribution in [0.5, 0.6) is 0 Å². The van der Waals surface area contributed by atoms with Crippen LogP contribution in [0.3, 0.4) is 0 Å². The zero-order chi connectivity index (χ0) is 12.7. The van der Waals surface area contributed by atoms with Crippen LogP contribution in [-0.2, 0) is 9.59 Å². The summed E-state index contributed by atoms with van der Waals surface area (Å²) in [4.78, 5) is 25.2. The van der Waals surface area contributed by atoms with Crippen molar-refractivity contribution in [1.29, 1.82) is 0 Å². The maximum absolute atomic E-state index is 12.1. The van der Waals surface area contributed by atoms with Crippen molar-refractivity contribution in [3.63, 3.8) is 0 Å². The SMILES string of the molecule is CCCN(CCC)C(=O)CC1CCC(=O)CC1. The van der Waals surface area contributed by atoms with Crippen molar-refractivity contribution in [3.8, 4) is 0 Å². The van der Waals surface area contributed by atoms with Crippen LogP contribution in [0.4, 0.5) is 0 Å². The van der Waals surface area contributed by atoms with Crippen molar-refractivity contribution in [2.24, 2.45) is 5.92 Å². The quantitative estimate of drug-likeness (QED) is 0.714. The highest BCUT2D eigenvalue weighted by Gasteiger charge is 2.23. The lowest BCUT2D eigenvalue weighted by atomic mass is 9.86. The zero-order valence-electron chi connectivity index (χ0n) is 11.2. The third-order valence-electron chi connectivity index (χ3n) is 3.47. The molecule has 98 valence electrons. The molecule has 3 nitrogen and oxygen atoms in total. The molecule has 3 heteroatoms. The molecule has 0 N–H and O–H groups in total. The molecule has 0 heterocycles. The summed E-state index contributed by atoms with van der Waals surface area (Å²) >= 11 is 0. The van der Waals surface area contributed by atoms with Gasteiger partial charge in [-0.1, -0.05) is 13.8 Å². The second-order valence-corrected chi connectivity index (χ2v) is 5.07. The van der Waals surface area contributed by atoms with Gasteiger partial charge in [-0.05, 0) is 31.6 Å². The molecule has 0 atom stereocenters. The Labute approximate surface area is 105 Å². The van der Waals surface area contributed by atoms with Crippen molar-refractivity contribution < 1.29 is 9.59 Å². The summed E-state index contributed by atoms with van der Waals surface area (Å²) in [6, 6.07) is 0. The first-order valence-corrected chi connectivity index (χ1v) is 6.96. The average Bonchev–Trinajstić information content (AvgIpc) is 2.32. The second-order valence-electron chi connectivity index (χ2n) is 5.07. The number of hydrogen-bond donors (Lipinski definition) is 0. The number of hydrogen-bond acceptors (Lipinski definition) is 2. The van der Waals surface area contributed by atoms with Gasteiger partial charge in [0.05, 0.1) is 0 Å². The van der Waals surface area contributed by atoms with Crippen LogP contribution in [0.15, 0.2) is 0 Å². The van der Waals surface area contributed by atoms with E-state index < -0.39 is 0 Å². The average molecular weight is 239 g/mol. The Morgan fingerprint density at radius 1 is 1.18 bits per heavy atom. The topological polar surface area (TPSA) is 37.4 Å². The smallest absolute Gasteiger partial charge is 0.222 e. The van der Waals surface area contributed by atoms with Crippen LogP contribution in [0.2, 0.25) is 0 Å². The molecule has 0 spiro atoms. The predicted molar refractivity (Wildman–Crippen MR) is 68.7 cm³/mol. The minimum absolute atomic E-state index is 0.285. The molecule has 0 radical (unpaired) electrons. The fourth-order valence-electron chi connectivity index (χ4n) is 2.48. The minimum atomic E-state index is 0.285. The summed E-state index contributed by atoms with van der Waals surface area (Å²) < 4.78 is 0. The van der Waals surface area contributed by atoms with Crippen LogP contribution in [0.1, 0.15) is 58.8 Å². The highest BCUT2D eigenvalue weighted by molar-refractivity contribution is 5.80. The number of Topliss-reactive ketones (excluding diaryl/α,β-unsaturated/α-hetero) is 1. The van der Waals surface area contributed by atoms with Crippen LogP contribution in [-0.4, -0.2) is 29.7 Å². The van der Waals surface area contributed by atoms with Gasteiger partial charge in [0.15, 0.2) is 0 Å². The Hall–Kier alpha value is -0.860. The summed E-state index contributed by atoms with van der Waals surface area (Å²) in [6.07, 6.45) is 5.88. The van der Waals surface area contributed by atoms with Crippen LogP contribution in [0, 0.1) is 5.92 Å². The van der Waals surface area contributed by atoms with Crippen molar-refractivity contribution >= 4 is 11.7 Å². The summed E-state index contributed by atoms with van der Waals surface area (Å²) in [7, 11) is 0. The predicted octanol–water partition coefficient (Wildman–Crippen LogP) is 2.78. The summed E-state index contributed by atoms with van der Waals surface area (Å²) in [5.74, 6) is 1.09. The molecular formula is C14H25NO2. The molecule has 0 aromatic heterocycles. The maximum Gasteiger partial charge on any atom is 0.222 e. The molecule has 1 amide bonds. The number of nitrogens with zero attached hydrogens (tertiary/aromatic N) is 1.